The monoisotopic (exact) mass is 543 g/mol. The number of likely N-dealkylation sites (tertiary alicyclic amines) is 1. The number of rotatable bonds is 7. The zero-order valence-corrected chi connectivity index (χ0v) is 20.7. The van der Waals surface area contributed by atoms with Crippen molar-refractivity contribution in [2.24, 2.45) is 0 Å². The van der Waals surface area contributed by atoms with Gasteiger partial charge in [-0.1, -0.05) is 11.6 Å². The van der Waals surface area contributed by atoms with E-state index in [2.05, 4.69) is 14.3 Å². The van der Waals surface area contributed by atoms with E-state index in [0.717, 1.165) is 18.8 Å². The molecule has 186 valence electrons. The Morgan fingerprint density at radius 1 is 1.26 bits per heavy atom. The summed E-state index contributed by atoms with van der Waals surface area (Å²) < 4.78 is 56.8. The minimum Gasteiger partial charge on any atom is -0.464 e. The first-order valence-corrected chi connectivity index (χ1v) is 12.9. The summed E-state index contributed by atoms with van der Waals surface area (Å²) in [7, 11) is -2.67. The van der Waals surface area contributed by atoms with Crippen LogP contribution in [0, 0.1) is 11.6 Å². The SMILES string of the molecule is CN(c1ccc(S(=O)(=O)N(C(=O)O)c2ncns2)cc1Cl)[C@H]1CCN(Cc2cc(F)cc(F)c2)C1. The minimum atomic E-state index is -4.49. The van der Waals surface area contributed by atoms with Crippen LogP contribution in [0.4, 0.5) is 24.4 Å². The second-order valence-corrected chi connectivity index (χ2v) is 10.9. The Kier molecular flexibility index (Phi) is 7.22. The lowest BCUT2D eigenvalue weighted by Crippen LogP contribution is -2.36. The highest BCUT2D eigenvalue weighted by Crippen LogP contribution is 2.33. The van der Waals surface area contributed by atoms with Crippen LogP contribution in [-0.4, -0.2) is 60.1 Å². The van der Waals surface area contributed by atoms with Crippen molar-refractivity contribution in [2.45, 2.75) is 23.9 Å². The number of carbonyl (C=O) groups is 1. The van der Waals surface area contributed by atoms with Crippen LogP contribution in [-0.2, 0) is 16.6 Å². The average Bonchev–Trinajstić information content (AvgIpc) is 3.44. The van der Waals surface area contributed by atoms with E-state index in [-0.39, 0.29) is 25.4 Å². The molecule has 0 spiro atoms. The maximum absolute atomic E-state index is 13.5. The molecule has 1 saturated heterocycles. The van der Waals surface area contributed by atoms with Gasteiger partial charge in [0.15, 0.2) is 0 Å². The maximum atomic E-state index is 13.5. The van der Waals surface area contributed by atoms with E-state index in [4.69, 9.17) is 11.6 Å². The van der Waals surface area contributed by atoms with Gasteiger partial charge in [-0.3, -0.25) is 4.90 Å². The quantitative estimate of drug-likeness (QED) is 0.475. The van der Waals surface area contributed by atoms with Crippen LogP contribution >= 0.6 is 23.1 Å². The smallest absolute Gasteiger partial charge is 0.428 e. The molecule has 1 aromatic heterocycles. The van der Waals surface area contributed by atoms with Crippen molar-refractivity contribution in [3.05, 3.63) is 64.9 Å². The number of carboxylic acid groups (broad SMARTS) is 1. The number of nitrogens with zero attached hydrogens (tertiary/aromatic N) is 5. The summed E-state index contributed by atoms with van der Waals surface area (Å²) >= 11 is 7.05. The minimum absolute atomic E-state index is 0.0188. The molecule has 0 saturated carbocycles. The summed E-state index contributed by atoms with van der Waals surface area (Å²) in [4.78, 5) is 19.0. The van der Waals surface area contributed by atoms with Gasteiger partial charge in [-0.05, 0) is 42.3 Å². The van der Waals surface area contributed by atoms with Crippen molar-refractivity contribution in [3.8, 4) is 0 Å². The fourth-order valence-electron chi connectivity index (χ4n) is 4.01. The highest BCUT2D eigenvalue weighted by atomic mass is 35.5. The summed E-state index contributed by atoms with van der Waals surface area (Å²) in [6, 6.07) is 7.45. The van der Waals surface area contributed by atoms with Crippen LogP contribution in [0.5, 0.6) is 0 Å². The maximum Gasteiger partial charge on any atom is 0.428 e. The lowest BCUT2D eigenvalue weighted by molar-refractivity contribution is 0.206. The number of halogens is 3. The molecular weight excluding hydrogens is 524 g/mol. The van der Waals surface area contributed by atoms with Gasteiger partial charge in [-0.15, -0.1) is 4.31 Å². The number of amides is 1. The predicted octanol–water partition coefficient (Wildman–Crippen LogP) is 4.05. The van der Waals surface area contributed by atoms with Crippen molar-refractivity contribution >= 4 is 50.1 Å². The summed E-state index contributed by atoms with van der Waals surface area (Å²) in [5, 5.41) is 9.28. The van der Waals surface area contributed by atoms with Gasteiger partial charge in [0.2, 0.25) is 5.13 Å². The zero-order chi connectivity index (χ0) is 25.3. The van der Waals surface area contributed by atoms with Crippen LogP contribution in [0.15, 0.2) is 47.6 Å². The number of hydrogen-bond acceptors (Lipinski definition) is 8. The number of anilines is 2. The van der Waals surface area contributed by atoms with Crippen molar-refractivity contribution in [3.63, 3.8) is 0 Å². The second-order valence-electron chi connectivity index (χ2n) is 7.96. The molecule has 1 aliphatic heterocycles. The van der Waals surface area contributed by atoms with Crippen molar-refractivity contribution in [1.29, 1.82) is 0 Å². The van der Waals surface area contributed by atoms with Gasteiger partial charge in [0.05, 0.1) is 15.6 Å². The van der Waals surface area contributed by atoms with Gasteiger partial charge in [0, 0.05) is 50.3 Å². The topological polar surface area (TPSA) is 107 Å². The van der Waals surface area contributed by atoms with E-state index in [1.807, 2.05) is 11.9 Å². The molecule has 14 heteroatoms. The van der Waals surface area contributed by atoms with E-state index in [9.17, 15) is 27.1 Å². The van der Waals surface area contributed by atoms with E-state index in [1.165, 1.54) is 30.3 Å². The second kappa shape index (κ2) is 10.0. The third kappa shape index (κ3) is 5.37. The lowest BCUT2D eigenvalue weighted by atomic mass is 10.2. The molecule has 1 fully saturated rings. The van der Waals surface area contributed by atoms with E-state index in [0.29, 0.717) is 42.4 Å². The molecule has 1 atom stereocenters. The Morgan fingerprint density at radius 3 is 2.57 bits per heavy atom. The number of sulfonamides is 1. The fraction of sp³-hybridized carbons (Fsp3) is 0.286. The molecule has 0 unspecified atom stereocenters. The molecule has 3 aromatic rings. The molecule has 2 heterocycles. The number of likely N-dealkylation sites (N-methyl/N-ethyl adjacent to an activating group) is 1. The highest BCUT2D eigenvalue weighted by Gasteiger charge is 2.34. The molecule has 1 N–H and O–H groups in total. The number of aromatic nitrogens is 2. The van der Waals surface area contributed by atoms with Crippen LogP contribution in [0.25, 0.3) is 0 Å². The Bertz CT molecular complexity index is 1320. The molecule has 0 aliphatic carbocycles. The summed E-state index contributed by atoms with van der Waals surface area (Å²) in [5.41, 5.74) is 1.10. The van der Waals surface area contributed by atoms with E-state index in [1.54, 1.807) is 0 Å². The molecule has 0 radical (unpaired) electrons. The molecule has 4 rings (SSSR count). The highest BCUT2D eigenvalue weighted by molar-refractivity contribution is 7.93. The fourth-order valence-corrected chi connectivity index (χ4v) is 6.40. The van der Waals surface area contributed by atoms with Crippen LogP contribution in [0.1, 0.15) is 12.0 Å². The largest absolute Gasteiger partial charge is 0.464 e. The van der Waals surface area contributed by atoms with Crippen LogP contribution in [0.3, 0.4) is 0 Å². The van der Waals surface area contributed by atoms with Gasteiger partial charge in [-0.2, -0.15) is 4.37 Å². The normalized spacial score (nSPS) is 16.4. The van der Waals surface area contributed by atoms with Gasteiger partial charge >= 0.3 is 6.09 Å². The van der Waals surface area contributed by atoms with Crippen molar-refractivity contribution in [2.75, 3.05) is 29.3 Å². The molecule has 0 bridgehead atoms. The Hall–Kier alpha value is -2.87. The molecule has 9 nitrogen and oxygen atoms in total. The Balaban J connectivity index is 1.50. The first-order valence-electron chi connectivity index (χ1n) is 10.3. The Morgan fingerprint density at radius 2 is 1.97 bits per heavy atom. The summed E-state index contributed by atoms with van der Waals surface area (Å²) in [6.07, 6.45) is 0.101. The van der Waals surface area contributed by atoms with E-state index < -0.39 is 27.8 Å². The summed E-state index contributed by atoms with van der Waals surface area (Å²) in [6.45, 7) is 1.70. The summed E-state index contributed by atoms with van der Waals surface area (Å²) in [5.74, 6) is -1.25. The van der Waals surface area contributed by atoms with Gasteiger partial charge in [0.25, 0.3) is 10.0 Å². The third-order valence-corrected chi connectivity index (χ3v) is 8.39. The molecular formula is C21H20ClF2N5O4S2. The molecule has 35 heavy (non-hydrogen) atoms. The average molecular weight is 544 g/mol. The molecule has 2 aromatic carbocycles. The standard InChI is InChI=1S/C21H20ClF2N5O4S2/c1-27(16-4-5-28(11-16)10-13-6-14(23)8-15(24)7-13)19-3-2-17(9-18(19)22)35(32,33)29(21(30)31)20-25-12-26-34-20/h2-3,6-9,12,16H,4-5,10-11H2,1H3,(H,30,31)/t16-/m0/s1. The number of hydrogen-bond donors (Lipinski definition) is 1. The molecule has 1 aliphatic rings. The molecule has 1 amide bonds. The van der Waals surface area contributed by atoms with Crippen molar-refractivity contribution < 1.29 is 27.1 Å². The van der Waals surface area contributed by atoms with Gasteiger partial charge in [-0.25, -0.2) is 27.0 Å². The van der Waals surface area contributed by atoms with Gasteiger partial charge < -0.3 is 10.0 Å². The predicted molar refractivity (Wildman–Crippen MR) is 127 cm³/mol. The third-order valence-electron chi connectivity index (χ3n) is 5.66. The van der Waals surface area contributed by atoms with E-state index >= 15 is 0 Å². The lowest BCUT2D eigenvalue weighted by Gasteiger charge is -2.28. The van der Waals surface area contributed by atoms with Gasteiger partial charge in [0.1, 0.15) is 18.0 Å². The first kappa shape index (κ1) is 25.2. The number of benzene rings is 2. The van der Waals surface area contributed by atoms with Crippen molar-refractivity contribution in [1.82, 2.24) is 14.3 Å². The zero-order valence-electron chi connectivity index (χ0n) is 18.3. The van der Waals surface area contributed by atoms with Crippen LogP contribution in [0.2, 0.25) is 5.02 Å². The first-order chi connectivity index (χ1) is 16.6. The Labute approximate surface area is 209 Å². The van der Waals surface area contributed by atoms with Crippen LogP contribution < -0.4 is 9.21 Å².